The molecule has 2 amide bonds. The molecular formula is C12H6F2N2O4. The van der Waals surface area contributed by atoms with Gasteiger partial charge in [0.15, 0.2) is 11.5 Å². The fraction of sp³-hybridized carbons (Fsp3) is 0.250. The van der Waals surface area contributed by atoms with Crippen LogP contribution in [0.3, 0.4) is 0 Å². The van der Waals surface area contributed by atoms with Crippen LogP contribution in [0.15, 0.2) is 18.2 Å². The van der Waals surface area contributed by atoms with Crippen molar-refractivity contribution in [1.82, 2.24) is 5.32 Å². The van der Waals surface area contributed by atoms with Gasteiger partial charge in [0.25, 0.3) is 0 Å². The van der Waals surface area contributed by atoms with E-state index in [1.54, 1.807) is 6.07 Å². The quantitative estimate of drug-likeness (QED) is 0.772. The van der Waals surface area contributed by atoms with E-state index in [0.29, 0.717) is 0 Å². The van der Waals surface area contributed by atoms with Gasteiger partial charge < -0.3 is 9.47 Å². The van der Waals surface area contributed by atoms with Crippen molar-refractivity contribution in [1.29, 1.82) is 5.26 Å². The summed E-state index contributed by atoms with van der Waals surface area (Å²) in [6.07, 6.45) is -3.83. The van der Waals surface area contributed by atoms with Gasteiger partial charge in [-0.3, -0.25) is 14.9 Å². The first-order valence-electron chi connectivity index (χ1n) is 5.56. The molecule has 1 aromatic rings. The van der Waals surface area contributed by atoms with Gasteiger partial charge in [-0.25, -0.2) is 0 Å². The lowest BCUT2D eigenvalue weighted by Crippen LogP contribution is -2.26. The first-order chi connectivity index (χ1) is 9.43. The zero-order chi connectivity index (χ0) is 14.5. The van der Waals surface area contributed by atoms with E-state index in [-0.39, 0.29) is 17.1 Å². The Morgan fingerprint density at radius 3 is 2.70 bits per heavy atom. The van der Waals surface area contributed by atoms with E-state index in [2.05, 4.69) is 9.47 Å². The van der Waals surface area contributed by atoms with Gasteiger partial charge in [0.1, 0.15) is 5.92 Å². The molecule has 2 unspecified atom stereocenters. The van der Waals surface area contributed by atoms with Crippen molar-refractivity contribution in [3.8, 4) is 17.6 Å². The molecule has 102 valence electrons. The van der Waals surface area contributed by atoms with Crippen LogP contribution in [0.1, 0.15) is 11.5 Å². The highest BCUT2D eigenvalue weighted by Gasteiger charge is 2.49. The van der Waals surface area contributed by atoms with Crippen LogP contribution < -0.4 is 14.8 Å². The summed E-state index contributed by atoms with van der Waals surface area (Å²) in [5.74, 6) is -4.53. The molecule has 2 aliphatic rings. The summed E-state index contributed by atoms with van der Waals surface area (Å²) in [6, 6.07) is 5.66. The number of halogens is 2. The van der Waals surface area contributed by atoms with E-state index in [4.69, 9.17) is 5.26 Å². The molecule has 0 aliphatic carbocycles. The van der Waals surface area contributed by atoms with Crippen LogP contribution >= 0.6 is 0 Å². The number of carbonyl (C=O) groups is 2. The zero-order valence-electron chi connectivity index (χ0n) is 9.72. The lowest BCUT2D eigenvalue weighted by Gasteiger charge is -2.12. The van der Waals surface area contributed by atoms with Crippen LogP contribution in [0.4, 0.5) is 8.78 Å². The minimum absolute atomic E-state index is 0.0228. The zero-order valence-corrected chi connectivity index (χ0v) is 9.72. The van der Waals surface area contributed by atoms with Crippen LogP contribution in [0.2, 0.25) is 0 Å². The number of amides is 2. The fourth-order valence-electron chi connectivity index (χ4n) is 2.27. The Bertz CT molecular complexity index is 668. The number of carbonyl (C=O) groups excluding carboxylic acids is 2. The number of fused-ring (bicyclic) bond motifs is 1. The Morgan fingerprint density at radius 2 is 2.00 bits per heavy atom. The maximum Gasteiger partial charge on any atom is 0.586 e. The van der Waals surface area contributed by atoms with Crippen LogP contribution in [-0.2, 0) is 9.59 Å². The molecule has 1 saturated heterocycles. The highest BCUT2D eigenvalue weighted by molar-refractivity contribution is 6.09. The summed E-state index contributed by atoms with van der Waals surface area (Å²) in [4.78, 5) is 23.2. The van der Waals surface area contributed by atoms with E-state index >= 15 is 0 Å². The lowest BCUT2D eigenvalue weighted by molar-refractivity contribution is -0.287. The second kappa shape index (κ2) is 3.90. The minimum atomic E-state index is -3.83. The minimum Gasteiger partial charge on any atom is -0.395 e. The molecule has 1 aromatic carbocycles. The monoisotopic (exact) mass is 280 g/mol. The molecule has 20 heavy (non-hydrogen) atoms. The number of ether oxygens (including phenoxy) is 2. The SMILES string of the molecule is N#CC1C(=O)NC(=O)C1c1cccc2c1OC(F)(F)O2. The van der Waals surface area contributed by atoms with Gasteiger partial charge in [-0.05, 0) is 6.07 Å². The first-order valence-corrected chi connectivity index (χ1v) is 5.56. The number of para-hydroxylation sites is 1. The van der Waals surface area contributed by atoms with E-state index < -0.39 is 29.9 Å². The molecule has 2 aliphatic heterocycles. The van der Waals surface area contributed by atoms with E-state index in [1.807, 2.05) is 5.32 Å². The molecule has 0 saturated carbocycles. The molecule has 1 N–H and O–H groups in total. The van der Waals surface area contributed by atoms with Gasteiger partial charge in [-0.15, -0.1) is 8.78 Å². The predicted octanol–water partition coefficient (Wildman–Crippen LogP) is 0.888. The average molecular weight is 280 g/mol. The lowest BCUT2D eigenvalue weighted by atomic mass is 9.88. The van der Waals surface area contributed by atoms with Crippen LogP contribution in [0.5, 0.6) is 11.5 Å². The number of hydrogen-bond donors (Lipinski definition) is 1. The third-order valence-electron chi connectivity index (χ3n) is 3.08. The van der Waals surface area contributed by atoms with Gasteiger partial charge in [0.2, 0.25) is 11.8 Å². The molecule has 3 rings (SSSR count). The second-order valence-corrected chi connectivity index (χ2v) is 4.28. The Balaban J connectivity index is 2.09. The normalized spacial score (nSPS) is 26.2. The van der Waals surface area contributed by atoms with Crippen molar-refractivity contribution in [2.75, 3.05) is 0 Å². The number of nitriles is 1. The Hall–Kier alpha value is -2.69. The number of alkyl halides is 2. The maximum atomic E-state index is 13.1. The van der Waals surface area contributed by atoms with Crippen molar-refractivity contribution in [2.45, 2.75) is 12.2 Å². The number of nitrogens with one attached hydrogen (secondary N) is 1. The number of hydrogen-bond acceptors (Lipinski definition) is 5. The van der Waals surface area contributed by atoms with Crippen molar-refractivity contribution in [3.63, 3.8) is 0 Å². The largest absolute Gasteiger partial charge is 0.586 e. The predicted molar refractivity (Wildman–Crippen MR) is 57.6 cm³/mol. The maximum absolute atomic E-state index is 13.1. The third kappa shape index (κ3) is 1.67. The number of nitrogens with zero attached hydrogens (tertiary/aromatic N) is 1. The number of benzene rings is 1. The smallest absolute Gasteiger partial charge is 0.395 e. The number of rotatable bonds is 1. The third-order valence-corrected chi connectivity index (χ3v) is 3.08. The van der Waals surface area contributed by atoms with Crippen molar-refractivity contribution in [2.24, 2.45) is 5.92 Å². The van der Waals surface area contributed by atoms with Crippen molar-refractivity contribution >= 4 is 11.8 Å². The molecule has 2 heterocycles. The van der Waals surface area contributed by atoms with Gasteiger partial charge >= 0.3 is 6.29 Å². The van der Waals surface area contributed by atoms with Crippen LogP contribution in [-0.4, -0.2) is 18.1 Å². The van der Waals surface area contributed by atoms with Crippen LogP contribution in [0, 0.1) is 17.2 Å². The Morgan fingerprint density at radius 1 is 1.25 bits per heavy atom. The molecule has 2 atom stereocenters. The molecule has 0 aromatic heterocycles. The first kappa shape index (κ1) is 12.3. The van der Waals surface area contributed by atoms with E-state index in [0.717, 1.165) is 0 Å². The van der Waals surface area contributed by atoms with E-state index in [1.165, 1.54) is 18.2 Å². The average Bonchev–Trinajstić information content (AvgIpc) is 2.82. The van der Waals surface area contributed by atoms with Gasteiger partial charge in [0, 0.05) is 5.56 Å². The molecular weight excluding hydrogens is 274 g/mol. The summed E-state index contributed by atoms with van der Waals surface area (Å²) in [6.45, 7) is 0. The molecule has 6 nitrogen and oxygen atoms in total. The summed E-state index contributed by atoms with van der Waals surface area (Å²) >= 11 is 0. The number of imide groups is 1. The highest BCUT2D eigenvalue weighted by atomic mass is 19.3. The summed E-state index contributed by atoms with van der Waals surface area (Å²) in [5.41, 5.74) is 0.0228. The molecule has 1 fully saturated rings. The second-order valence-electron chi connectivity index (χ2n) is 4.28. The fourth-order valence-corrected chi connectivity index (χ4v) is 2.27. The molecule has 0 spiro atoms. The van der Waals surface area contributed by atoms with Crippen molar-refractivity contribution in [3.05, 3.63) is 23.8 Å². The standard InChI is InChI=1S/C12H6F2N2O4/c13-12(14)19-7-3-1-2-5(9(7)20-12)8-6(4-15)10(17)16-11(8)18/h1-3,6,8H,(H,16,17,18). The summed E-state index contributed by atoms with van der Waals surface area (Å²) in [5, 5.41) is 10.9. The van der Waals surface area contributed by atoms with Gasteiger partial charge in [-0.1, -0.05) is 12.1 Å². The summed E-state index contributed by atoms with van der Waals surface area (Å²) < 4.78 is 34.8. The Kier molecular flexibility index (Phi) is 2.41. The molecule has 0 bridgehead atoms. The van der Waals surface area contributed by atoms with Gasteiger partial charge in [0.05, 0.1) is 12.0 Å². The van der Waals surface area contributed by atoms with Gasteiger partial charge in [-0.2, -0.15) is 5.26 Å². The highest BCUT2D eigenvalue weighted by Crippen LogP contribution is 2.47. The summed E-state index contributed by atoms with van der Waals surface area (Å²) in [7, 11) is 0. The topological polar surface area (TPSA) is 88.4 Å². The Labute approximate surface area is 110 Å². The van der Waals surface area contributed by atoms with E-state index in [9.17, 15) is 18.4 Å². The van der Waals surface area contributed by atoms with Crippen molar-refractivity contribution < 1.29 is 27.8 Å². The molecule has 8 heteroatoms. The van der Waals surface area contributed by atoms with Crippen LogP contribution in [0.25, 0.3) is 0 Å². The molecule has 0 radical (unpaired) electrons.